The van der Waals surface area contributed by atoms with E-state index in [4.69, 9.17) is 5.11 Å². The second kappa shape index (κ2) is 12.4. The number of benzene rings is 2. The Morgan fingerprint density at radius 2 is 1.29 bits per heavy atom. The number of nitrogens with zero attached hydrogens (tertiary/aromatic N) is 3. The fourth-order valence-electron chi connectivity index (χ4n) is 3.37. The zero-order valence-electron chi connectivity index (χ0n) is 18.6. The molecule has 0 saturated heterocycles. The third-order valence-electron chi connectivity index (χ3n) is 5.01. The van der Waals surface area contributed by atoms with Crippen LogP contribution in [0.3, 0.4) is 0 Å². The third-order valence-corrected chi connectivity index (χ3v) is 5.01. The van der Waals surface area contributed by atoms with Gasteiger partial charge in [-0.05, 0) is 36.0 Å². The topological polar surface area (TPSA) is 76.0 Å². The second-order valence-corrected chi connectivity index (χ2v) is 7.25. The number of hydrogen-bond donors (Lipinski definition) is 1. The summed E-state index contributed by atoms with van der Waals surface area (Å²) in [5, 5.41) is 8.78. The molecule has 0 aliphatic carbocycles. The van der Waals surface area contributed by atoms with Gasteiger partial charge in [0.1, 0.15) is 5.69 Å². The van der Waals surface area contributed by atoms with Crippen molar-refractivity contribution in [1.29, 1.82) is 0 Å². The van der Waals surface area contributed by atoms with Gasteiger partial charge >= 0.3 is 5.97 Å². The van der Waals surface area contributed by atoms with Gasteiger partial charge in [0.2, 0.25) is 0 Å². The molecule has 3 aromatic heterocycles. The first-order valence-corrected chi connectivity index (χ1v) is 10.6. The molecular formula is C29H21IrN3O2-2. The van der Waals surface area contributed by atoms with E-state index in [2.05, 4.69) is 27.9 Å². The minimum atomic E-state index is -1.02. The molecule has 1 radical (unpaired) electrons. The summed E-state index contributed by atoms with van der Waals surface area (Å²) in [6, 6.07) is 33.1. The van der Waals surface area contributed by atoms with Crippen LogP contribution in [0.15, 0.2) is 109 Å². The summed E-state index contributed by atoms with van der Waals surface area (Å²) in [5.74, 6) is -1.02. The quantitative estimate of drug-likeness (QED) is 0.237. The van der Waals surface area contributed by atoms with Gasteiger partial charge in [-0.25, -0.2) is 4.79 Å². The number of aromatic nitrogens is 3. The molecular weight excluding hydrogens is 615 g/mol. The first-order chi connectivity index (χ1) is 16.6. The van der Waals surface area contributed by atoms with E-state index >= 15 is 0 Å². The average molecular weight is 636 g/mol. The Morgan fingerprint density at radius 3 is 1.80 bits per heavy atom. The van der Waals surface area contributed by atoms with Crippen molar-refractivity contribution in [3.8, 4) is 33.8 Å². The Hall–Kier alpha value is -4.12. The molecule has 0 atom stereocenters. The first kappa shape index (κ1) is 25.5. The van der Waals surface area contributed by atoms with Gasteiger partial charge < -0.3 is 5.11 Å². The van der Waals surface area contributed by atoms with Gasteiger partial charge in [0.15, 0.2) is 0 Å². The summed E-state index contributed by atoms with van der Waals surface area (Å²) < 4.78 is 0. The van der Waals surface area contributed by atoms with Crippen LogP contribution in [0.4, 0.5) is 0 Å². The molecule has 0 fully saturated rings. The van der Waals surface area contributed by atoms with Crippen molar-refractivity contribution in [2.45, 2.75) is 0 Å². The van der Waals surface area contributed by atoms with Gasteiger partial charge in [-0.3, -0.25) is 15.0 Å². The van der Waals surface area contributed by atoms with E-state index in [1.54, 1.807) is 30.6 Å². The van der Waals surface area contributed by atoms with E-state index < -0.39 is 5.97 Å². The number of carboxylic acids is 1. The maximum absolute atomic E-state index is 10.7. The molecule has 5 nitrogen and oxygen atoms in total. The SMILES string of the molecule is O=C(O)c1cccc(-c2[c-]cccc2)n1.[CH2-]c1c(-c2ccccn2)cccc1-c1ccccn1.[Ir]. The van der Waals surface area contributed by atoms with Gasteiger partial charge in [-0.2, -0.15) is 12.5 Å². The van der Waals surface area contributed by atoms with E-state index in [1.165, 1.54) is 6.07 Å². The molecule has 2 aromatic carbocycles. The molecule has 0 aliphatic heterocycles. The van der Waals surface area contributed by atoms with Crippen LogP contribution in [0, 0.1) is 13.0 Å². The number of carbonyl (C=O) groups is 1. The summed E-state index contributed by atoms with van der Waals surface area (Å²) in [6.45, 7) is 4.19. The summed E-state index contributed by atoms with van der Waals surface area (Å²) in [4.78, 5) is 23.5. The maximum Gasteiger partial charge on any atom is 0.353 e. The summed E-state index contributed by atoms with van der Waals surface area (Å²) >= 11 is 0. The smallest absolute Gasteiger partial charge is 0.353 e. The van der Waals surface area contributed by atoms with Crippen LogP contribution in [0.25, 0.3) is 33.8 Å². The normalized spacial score (nSPS) is 9.83. The zero-order chi connectivity index (χ0) is 23.8. The predicted molar refractivity (Wildman–Crippen MR) is 133 cm³/mol. The van der Waals surface area contributed by atoms with Gasteiger partial charge in [-0.1, -0.05) is 30.3 Å². The Bertz CT molecular complexity index is 1320. The second-order valence-electron chi connectivity index (χ2n) is 7.25. The van der Waals surface area contributed by atoms with Crippen molar-refractivity contribution >= 4 is 5.97 Å². The Morgan fingerprint density at radius 1 is 0.714 bits per heavy atom. The van der Waals surface area contributed by atoms with Gasteiger partial charge in [0.25, 0.3) is 0 Å². The zero-order valence-corrected chi connectivity index (χ0v) is 21.0. The van der Waals surface area contributed by atoms with Crippen LogP contribution in [0.5, 0.6) is 0 Å². The van der Waals surface area contributed by atoms with Crippen LogP contribution >= 0.6 is 0 Å². The molecule has 35 heavy (non-hydrogen) atoms. The molecule has 0 aliphatic rings. The number of aromatic carboxylic acids is 1. The van der Waals surface area contributed by atoms with Crippen molar-refractivity contribution in [3.05, 3.63) is 134 Å². The summed E-state index contributed by atoms with van der Waals surface area (Å²) in [5.41, 5.74) is 6.38. The molecule has 0 saturated carbocycles. The van der Waals surface area contributed by atoms with Crippen LogP contribution < -0.4 is 0 Å². The molecule has 1 N–H and O–H groups in total. The molecule has 0 bridgehead atoms. The van der Waals surface area contributed by atoms with Crippen molar-refractivity contribution in [2.24, 2.45) is 0 Å². The third kappa shape index (κ3) is 6.48. The number of pyridine rings is 3. The van der Waals surface area contributed by atoms with E-state index in [0.717, 1.165) is 33.6 Å². The van der Waals surface area contributed by atoms with E-state index in [1.807, 2.05) is 72.8 Å². The first-order valence-electron chi connectivity index (χ1n) is 10.6. The Kier molecular flexibility index (Phi) is 9.01. The van der Waals surface area contributed by atoms with Crippen LogP contribution in [-0.2, 0) is 20.1 Å². The van der Waals surface area contributed by atoms with Crippen molar-refractivity contribution in [2.75, 3.05) is 0 Å². The minimum absolute atomic E-state index is 0. The van der Waals surface area contributed by atoms with Crippen molar-refractivity contribution in [3.63, 3.8) is 0 Å². The minimum Gasteiger partial charge on any atom is -0.477 e. The average Bonchev–Trinajstić information content (AvgIpc) is 2.91. The van der Waals surface area contributed by atoms with Gasteiger partial charge in [0.05, 0.1) is 0 Å². The van der Waals surface area contributed by atoms with E-state index in [0.29, 0.717) is 5.69 Å². The Balaban J connectivity index is 0.000000195. The molecule has 0 amide bonds. The standard InChI is InChI=1S/C17H13N2.C12H8NO2.Ir/c1-13-14(16-9-2-4-11-18-16)7-6-8-15(13)17-10-3-5-12-19-17;14-12(15)11-8-4-7-10(13-11)9-5-2-1-3-6-9;/h2-12H,1H2;1-5,7-8H,(H,14,15);/q2*-1;. The molecule has 3 heterocycles. The van der Waals surface area contributed by atoms with Crippen LogP contribution in [0.1, 0.15) is 16.1 Å². The van der Waals surface area contributed by atoms with E-state index in [-0.39, 0.29) is 25.8 Å². The molecule has 6 heteroatoms. The fourth-order valence-corrected chi connectivity index (χ4v) is 3.37. The summed E-state index contributed by atoms with van der Waals surface area (Å²) in [7, 11) is 0. The van der Waals surface area contributed by atoms with Crippen molar-refractivity contribution in [1.82, 2.24) is 15.0 Å². The van der Waals surface area contributed by atoms with Crippen LogP contribution in [0.2, 0.25) is 0 Å². The predicted octanol–water partition coefficient (Wildman–Crippen LogP) is 6.24. The Labute approximate surface area is 217 Å². The molecule has 0 spiro atoms. The largest absolute Gasteiger partial charge is 0.477 e. The monoisotopic (exact) mass is 636 g/mol. The van der Waals surface area contributed by atoms with E-state index in [9.17, 15) is 4.79 Å². The fraction of sp³-hybridized carbons (Fsp3) is 0. The number of rotatable bonds is 4. The van der Waals surface area contributed by atoms with Crippen LogP contribution in [-0.4, -0.2) is 26.0 Å². The molecule has 5 aromatic rings. The van der Waals surface area contributed by atoms with Gasteiger partial charge in [0, 0.05) is 43.9 Å². The number of hydrogen-bond acceptors (Lipinski definition) is 4. The molecule has 5 rings (SSSR count). The summed E-state index contributed by atoms with van der Waals surface area (Å²) in [6.07, 6.45) is 3.59. The number of carboxylic acid groups (broad SMARTS) is 1. The molecule has 175 valence electrons. The van der Waals surface area contributed by atoms with Gasteiger partial charge in [-0.15, -0.1) is 59.2 Å². The maximum atomic E-state index is 10.7. The molecule has 0 unspecified atom stereocenters. The van der Waals surface area contributed by atoms with Crippen molar-refractivity contribution < 1.29 is 30.0 Å².